The number of rotatable bonds is 2. The van der Waals surface area contributed by atoms with E-state index in [4.69, 9.17) is 16.6 Å². The van der Waals surface area contributed by atoms with Crippen molar-refractivity contribution in [1.82, 2.24) is 5.32 Å². The first-order valence-corrected chi connectivity index (χ1v) is 4.36. The smallest absolute Gasteiger partial charge is 0.283 e. The van der Waals surface area contributed by atoms with Crippen LogP contribution in [0.5, 0.6) is 0 Å². The monoisotopic (exact) mass is 204 g/mol. The summed E-state index contributed by atoms with van der Waals surface area (Å²) in [6.07, 6.45) is 0.344. The molecule has 1 amide bonds. The van der Waals surface area contributed by atoms with E-state index in [1.54, 1.807) is 0 Å². The summed E-state index contributed by atoms with van der Waals surface area (Å²) in [5.74, 6) is -1.26. The summed E-state index contributed by atoms with van der Waals surface area (Å²) >= 11 is 0. The Bertz CT molecular complexity index is 386. The van der Waals surface area contributed by atoms with Gasteiger partial charge in [0.05, 0.1) is 0 Å². The van der Waals surface area contributed by atoms with Crippen LogP contribution < -0.4 is 11.1 Å². The molecular weight excluding hydrogens is 192 g/mol. The van der Waals surface area contributed by atoms with Gasteiger partial charge in [0.25, 0.3) is 5.91 Å². The molecule has 0 atom stereocenters. The Labute approximate surface area is 87.3 Å². The highest BCUT2D eigenvalue weighted by atomic mass is 16.1. The second-order valence-corrected chi connectivity index (χ2v) is 3.01. The minimum atomic E-state index is -0.868. The van der Waals surface area contributed by atoms with Crippen LogP contribution in [0.2, 0.25) is 0 Å². The van der Waals surface area contributed by atoms with Crippen molar-refractivity contribution in [3.8, 4) is 0 Å². The molecule has 0 saturated heterocycles. The second kappa shape index (κ2) is 4.90. The Hall–Kier alpha value is -2.17. The Kier molecular flexibility index (Phi) is 3.56. The third kappa shape index (κ3) is 3.60. The lowest BCUT2D eigenvalue weighted by Gasteiger charge is -2.06. The van der Waals surface area contributed by atoms with E-state index in [0.717, 1.165) is 5.56 Å². The molecule has 1 rings (SSSR count). The fourth-order valence-electron chi connectivity index (χ4n) is 1.06. The molecule has 5 heteroatoms. The first-order valence-electron chi connectivity index (χ1n) is 4.36. The maximum Gasteiger partial charge on any atom is 0.283 e. The van der Waals surface area contributed by atoms with Crippen LogP contribution in [-0.4, -0.2) is 17.6 Å². The number of nitrogens with one attached hydrogen (secondary N) is 3. The SMILES string of the molecule is N=C(Cc1ccccc1)NC(=N)C(N)=O. The fraction of sp³-hybridized carbons (Fsp3) is 0.100. The van der Waals surface area contributed by atoms with Crippen LogP contribution in [0.3, 0.4) is 0 Å². The van der Waals surface area contributed by atoms with Crippen LogP contribution in [0.15, 0.2) is 30.3 Å². The molecule has 1 aromatic rings. The minimum Gasteiger partial charge on any atom is -0.363 e. The summed E-state index contributed by atoms with van der Waals surface area (Å²) < 4.78 is 0. The van der Waals surface area contributed by atoms with Gasteiger partial charge in [-0.05, 0) is 5.56 Å². The Morgan fingerprint density at radius 3 is 2.40 bits per heavy atom. The average Bonchev–Trinajstić information content (AvgIpc) is 2.18. The van der Waals surface area contributed by atoms with Crippen LogP contribution >= 0.6 is 0 Å². The first-order chi connectivity index (χ1) is 7.09. The zero-order chi connectivity index (χ0) is 11.3. The van der Waals surface area contributed by atoms with Crippen molar-refractivity contribution in [1.29, 1.82) is 10.8 Å². The van der Waals surface area contributed by atoms with E-state index in [-0.39, 0.29) is 5.84 Å². The van der Waals surface area contributed by atoms with Gasteiger partial charge in [-0.1, -0.05) is 30.3 Å². The van der Waals surface area contributed by atoms with Gasteiger partial charge >= 0.3 is 0 Å². The topological polar surface area (TPSA) is 103 Å². The summed E-state index contributed by atoms with van der Waals surface area (Å²) in [5, 5.41) is 16.9. The van der Waals surface area contributed by atoms with Gasteiger partial charge in [-0.25, -0.2) is 0 Å². The predicted octanol–water partition coefficient (Wildman–Crippen LogP) is 0.259. The van der Waals surface area contributed by atoms with E-state index in [0.29, 0.717) is 6.42 Å². The summed E-state index contributed by atoms with van der Waals surface area (Å²) in [7, 11) is 0. The molecule has 0 fully saturated rings. The lowest BCUT2D eigenvalue weighted by Crippen LogP contribution is -2.39. The van der Waals surface area contributed by atoms with Crippen molar-refractivity contribution in [3.63, 3.8) is 0 Å². The van der Waals surface area contributed by atoms with Gasteiger partial charge in [-0.2, -0.15) is 0 Å². The van der Waals surface area contributed by atoms with Crippen molar-refractivity contribution in [2.45, 2.75) is 6.42 Å². The quantitative estimate of drug-likeness (QED) is 0.410. The molecule has 0 unspecified atom stereocenters. The molecule has 0 radical (unpaired) electrons. The normalized spacial score (nSPS) is 9.33. The van der Waals surface area contributed by atoms with Gasteiger partial charge in [0.2, 0.25) is 0 Å². The van der Waals surface area contributed by atoms with E-state index in [9.17, 15) is 4.79 Å². The highest BCUT2D eigenvalue weighted by molar-refractivity contribution is 6.38. The molecule has 0 aromatic heterocycles. The molecule has 0 bridgehead atoms. The third-order valence-electron chi connectivity index (χ3n) is 1.75. The van der Waals surface area contributed by atoms with Crippen molar-refractivity contribution >= 4 is 17.6 Å². The number of carbonyl (C=O) groups is 1. The van der Waals surface area contributed by atoms with E-state index in [2.05, 4.69) is 5.32 Å². The van der Waals surface area contributed by atoms with Crippen molar-refractivity contribution in [3.05, 3.63) is 35.9 Å². The Balaban J connectivity index is 2.51. The molecule has 1 aromatic carbocycles. The van der Waals surface area contributed by atoms with Crippen molar-refractivity contribution in [2.75, 3.05) is 0 Å². The zero-order valence-corrected chi connectivity index (χ0v) is 8.08. The number of hydrogen-bond donors (Lipinski definition) is 4. The van der Waals surface area contributed by atoms with Gasteiger partial charge in [0.1, 0.15) is 5.84 Å². The van der Waals surface area contributed by atoms with Gasteiger partial charge in [0, 0.05) is 6.42 Å². The molecule has 78 valence electrons. The van der Waals surface area contributed by atoms with Crippen molar-refractivity contribution < 1.29 is 4.79 Å². The van der Waals surface area contributed by atoms with Crippen molar-refractivity contribution in [2.24, 2.45) is 5.73 Å². The number of primary amides is 1. The van der Waals surface area contributed by atoms with Crippen LogP contribution in [0.25, 0.3) is 0 Å². The number of amides is 1. The first kappa shape index (κ1) is 10.9. The third-order valence-corrected chi connectivity index (χ3v) is 1.75. The highest BCUT2D eigenvalue weighted by Crippen LogP contribution is 1.98. The lowest BCUT2D eigenvalue weighted by molar-refractivity contribution is -0.112. The Morgan fingerprint density at radius 1 is 1.27 bits per heavy atom. The molecule has 5 nitrogen and oxygen atoms in total. The summed E-state index contributed by atoms with van der Waals surface area (Å²) in [6.45, 7) is 0. The molecule has 0 saturated carbocycles. The number of amidine groups is 2. The van der Waals surface area contributed by atoms with E-state index < -0.39 is 11.7 Å². The van der Waals surface area contributed by atoms with Crippen LogP contribution in [0, 0.1) is 10.8 Å². The number of benzene rings is 1. The Morgan fingerprint density at radius 2 is 1.87 bits per heavy atom. The number of hydrogen-bond acceptors (Lipinski definition) is 3. The number of nitrogens with two attached hydrogens (primary N) is 1. The van der Waals surface area contributed by atoms with E-state index in [1.807, 2.05) is 30.3 Å². The lowest BCUT2D eigenvalue weighted by atomic mass is 10.1. The summed E-state index contributed by atoms with van der Waals surface area (Å²) in [6, 6.07) is 9.34. The molecule has 0 aliphatic carbocycles. The molecule has 5 N–H and O–H groups in total. The van der Waals surface area contributed by atoms with Gasteiger partial charge in [-0.15, -0.1) is 0 Å². The minimum absolute atomic E-state index is 0.0741. The largest absolute Gasteiger partial charge is 0.363 e. The molecule has 0 aliphatic rings. The van der Waals surface area contributed by atoms with Gasteiger partial charge in [-0.3, -0.25) is 15.6 Å². The number of carbonyl (C=O) groups excluding carboxylic acids is 1. The van der Waals surface area contributed by atoms with Crippen LogP contribution in [-0.2, 0) is 11.2 Å². The van der Waals surface area contributed by atoms with Gasteiger partial charge < -0.3 is 11.1 Å². The van der Waals surface area contributed by atoms with Crippen LogP contribution in [0.1, 0.15) is 5.56 Å². The second-order valence-electron chi connectivity index (χ2n) is 3.01. The molecular formula is C10H12N4O. The molecule has 15 heavy (non-hydrogen) atoms. The highest BCUT2D eigenvalue weighted by Gasteiger charge is 2.06. The molecule has 0 aliphatic heterocycles. The van der Waals surface area contributed by atoms with E-state index in [1.165, 1.54) is 0 Å². The van der Waals surface area contributed by atoms with E-state index >= 15 is 0 Å². The predicted molar refractivity (Wildman–Crippen MR) is 57.9 cm³/mol. The summed E-state index contributed by atoms with van der Waals surface area (Å²) in [4.78, 5) is 10.5. The average molecular weight is 204 g/mol. The maximum absolute atomic E-state index is 10.5. The summed E-state index contributed by atoms with van der Waals surface area (Å²) in [5.41, 5.74) is 5.79. The van der Waals surface area contributed by atoms with Gasteiger partial charge in [0.15, 0.2) is 5.84 Å². The maximum atomic E-state index is 10.5. The molecule has 0 heterocycles. The fourth-order valence-corrected chi connectivity index (χ4v) is 1.06. The zero-order valence-electron chi connectivity index (χ0n) is 8.08. The molecule has 0 spiro atoms. The van der Waals surface area contributed by atoms with Crippen LogP contribution in [0.4, 0.5) is 0 Å². The standard InChI is InChI=1S/C10H12N4O/c11-8(14-9(12)10(13)15)6-7-4-2-1-3-5-7/h1-5H,6H2,(H2,13,15)(H3,11,12,14).